The first kappa shape index (κ1) is 18.9. The van der Waals surface area contributed by atoms with Gasteiger partial charge in [0.15, 0.2) is 0 Å². The maximum atomic E-state index is 13.7. The Balaban J connectivity index is 1.89. The van der Waals surface area contributed by atoms with E-state index in [0.717, 1.165) is 37.8 Å². The quantitative estimate of drug-likeness (QED) is 0.408. The predicted octanol–water partition coefficient (Wildman–Crippen LogP) is 6.72. The van der Waals surface area contributed by atoms with Gasteiger partial charge in [0.2, 0.25) is 6.43 Å². The molecule has 1 aliphatic rings. The van der Waals surface area contributed by atoms with Gasteiger partial charge in [-0.3, -0.25) is 0 Å². The van der Waals surface area contributed by atoms with Crippen LogP contribution >= 0.6 is 0 Å². The maximum absolute atomic E-state index is 13.7. The van der Waals surface area contributed by atoms with Crippen molar-refractivity contribution in [3.63, 3.8) is 0 Å². The normalized spacial score (nSPS) is 22.5. The maximum Gasteiger partial charge on any atom is 0.419 e. The van der Waals surface area contributed by atoms with Crippen molar-refractivity contribution in [2.75, 3.05) is 0 Å². The van der Waals surface area contributed by atoms with Crippen molar-refractivity contribution in [3.05, 3.63) is 47.3 Å². The van der Waals surface area contributed by atoms with Crippen molar-refractivity contribution in [2.45, 2.75) is 57.0 Å². The summed E-state index contributed by atoms with van der Waals surface area (Å²) in [5.74, 6) is -0.875. The van der Waals surface area contributed by atoms with E-state index in [2.05, 4.69) is 0 Å². The molecule has 1 aliphatic carbocycles. The third kappa shape index (κ3) is 5.28. The minimum Gasteiger partial charge on any atom is -0.211 e. The van der Waals surface area contributed by atoms with Gasteiger partial charge in [-0.1, -0.05) is 18.2 Å². The summed E-state index contributed by atoms with van der Waals surface area (Å²) < 4.78 is 75.5. The lowest BCUT2D eigenvalue weighted by Gasteiger charge is -2.27. The van der Waals surface area contributed by atoms with Crippen LogP contribution in [-0.4, -0.2) is 6.43 Å². The van der Waals surface area contributed by atoms with Gasteiger partial charge >= 0.3 is 6.18 Å². The zero-order valence-corrected chi connectivity index (χ0v) is 13.1. The van der Waals surface area contributed by atoms with E-state index in [1.165, 1.54) is 6.07 Å². The van der Waals surface area contributed by atoms with Crippen LogP contribution in [0, 0.1) is 11.7 Å². The van der Waals surface area contributed by atoms with Crippen LogP contribution in [0.3, 0.4) is 0 Å². The molecule has 0 amide bonds. The molecule has 0 unspecified atom stereocenters. The second-order valence-corrected chi connectivity index (χ2v) is 6.25. The molecule has 0 heterocycles. The Morgan fingerprint density at radius 3 is 2.29 bits per heavy atom. The molecule has 0 spiro atoms. The molecule has 0 saturated heterocycles. The average molecular weight is 350 g/mol. The van der Waals surface area contributed by atoms with Gasteiger partial charge in [0, 0.05) is 6.42 Å². The molecule has 0 atom stereocenters. The molecule has 1 saturated carbocycles. The molecular formula is C18H20F6. The molecule has 0 N–H and O–H groups in total. The Morgan fingerprint density at radius 2 is 1.75 bits per heavy atom. The average Bonchev–Trinajstić information content (AvgIpc) is 2.50. The van der Waals surface area contributed by atoms with Gasteiger partial charge in [-0.25, -0.2) is 13.2 Å². The van der Waals surface area contributed by atoms with E-state index in [9.17, 15) is 26.3 Å². The summed E-state index contributed by atoms with van der Waals surface area (Å²) in [5.41, 5.74) is -0.637. The first-order valence-corrected chi connectivity index (χ1v) is 8.09. The highest BCUT2D eigenvalue weighted by molar-refractivity contribution is 5.29. The van der Waals surface area contributed by atoms with E-state index in [4.69, 9.17) is 0 Å². The summed E-state index contributed by atoms with van der Waals surface area (Å²) in [4.78, 5) is 0. The topological polar surface area (TPSA) is 0 Å². The first-order chi connectivity index (χ1) is 11.3. The number of halogens is 6. The van der Waals surface area contributed by atoms with Gasteiger partial charge < -0.3 is 0 Å². The number of hydrogen-bond acceptors (Lipinski definition) is 0. The van der Waals surface area contributed by atoms with Crippen LogP contribution in [0.15, 0.2) is 30.4 Å². The van der Waals surface area contributed by atoms with E-state index < -0.39 is 24.0 Å². The van der Waals surface area contributed by atoms with Crippen molar-refractivity contribution in [2.24, 2.45) is 5.92 Å². The smallest absolute Gasteiger partial charge is 0.211 e. The number of allylic oxidation sites excluding steroid dienone is 2. The highest BCUT2D eigenvalue weighted by atomic mass is 19.4. The molecule has 0 aromatic heterocycles. The fourth-order valence-electron chi connectivity index (χ4n) is 3.17. The Bertz CT molecular complexity index is 553. The van der Waals surface area contributed by atoms with Crippen LogP contribution in [0.4, 0.5) is 26.3 Å². The molecule has 1 aromatic carbocycles. The van der Waals surface area contributed by atoms with E-state index in [1.54, 1.807) is 6.08 Å². The van der Waals surface area contributed by atoms with Crippen LogP contribution in [0.1, 0.15) is 55.6 Å². The second-order valence-electron chi connectivity index (χ2n) is 6.25. The van der Waals surface area contributed by atoms with Gasteiger partial charge in [-0.15, -0.1) is 0 Å². The van der Waals surface area contributed by atoms with Gasteiger partial charge in [0.1, 0.15) is 5.82 Å². The van der Waals surface area contributed by atoms with Crippen molar-refractivity contribution < 1.29 is 26.3 Å². The zero-order chi connectivity index (χ0) is 17.7. The van der Waals surface area contributed by atoms with Crippen molar-refractivity contribution in [1.29, 1.82) is 0 Å². The lowest BCUT2D eigenvalue weighted by molar-refractivity contribution is -0.140. The molecular weight excluding hydrogens is 330 g/mol. The minimum absolute atomic E-state index is 0.0486. The van der Waals surface area contributed by atoms with Gasteiger partial charge in [0.05, 0.1) is 5.56 Å². The lowest BCUT2D eigenvalue weighted by atomic mass is 9.78. The molecule has 0 nitrogen and oxygen atoms in total. The standard InChI is InChI=1S/C18H20F6/c19-16-11-14(9-10-15(16)18(22,23)24)13-7-5-12(6-8-13)3-1-2-4-17(20)21/h1,3,9-13,17H,2,4-8H2/b3-1+. The van der Waals surface area contributed by atoms with E-state index in [0.29, 0.717) is 17.9 Å². The van der Waals surface area contributed by atoms with E-state index >= 15 is 0 Å². The van der Waals surface area contributed by atoms with E-state index in [1.807, 2.05) is 6.08 Å². The fourth-order valence-corrected chi connectivity index (χ4v) is 3.17. The van der Waals surface area contributed by atoms with Gasteiger partial charge in [-0.05, 0) is 61.6 Å². The molecule has 134 valence electrons. The van der Waals surface area contributed by atoms with Gasteiger partial charge in [0.25, 0.3) is 0 Å². The third-order valence-corrected chi connectivity index (χ3v) is 4.50. The monoisotopic (exact) mass is 350 g/mol. The Hall–Kier alpha value is -1.46. The minimum atomic E-state index is -4.68. The largest absolute Gasteiger partial charge is 0.419 e. The molecule has 6 heteroatoms. The van der Waals surface area contributed by atoms with Crippen molar-refractivity contribution >= 4 is 0 Å². The highest BCUT2D eigenvalue weighted by Gasteiger charge is 2.34. The number of alkyl halides is 5. The lowest BCUT2D eigenvalue weighted by Crippen LogP contribution is -2.13. The number of benzene rings is 1. The van der Waals surface area contributed by atoms with Crippen LogP contribution in [0.25, 0.3) is 0 Å². The first-order valence-electron chi connectivity index (χ1n) is 8.09. The summed E-state index contributed by atoms with van der Waals surface area (Å²) in [6.07, 6.45) is 0.142. The Kier molecular flexibility index (Phi) is 6.35. The molecule has 1 fully saturated rings. The van der Waals surface area contributed by atoms with Crippen molar-refractivity contribution in [3.8, 4) is 0 Å². The van der Waals surface area contributed by atoms with Crippen LogP contribution < -0.4 is 0 Å². The summed E-state index contributed by atoms with van der Waals surface area (Å²) >= 11 is 0. The molecule has 24 heavy (non-hydrogen) atoms. The molecule has 1 aromatic rings. The molecule has 0 bridgehead atoms. The summed E-state index contributed by atoms with van der Waals surface area (Å²) in [5, 5.41) is 0. The summed E-state index contributed by atoms with van der Waals surface area (Å²) in [6, 6.07) is 3.16. The van der Waals surface area contributed by atoms with Crippen LogP contribution in [0.2, 0.25) is 0 Å². The fraction of sp³-hybridized carbons (Fsp3) is 0.556. The number of hydrogen-bond donors (Lipinski definition) is 0. The Morgan fingerprint density at radius 1 is 1.08 bits per heavy atom. The summed E-state index contributed by atoms with van der Waals surface area (Å²) in [6.45, 7) is 0. The third-order valence-electron chi connectivity index (χ3n) is 4.50. The highest BCUT2D eigenvalue weighted by Crippen LogP contribution is 2.38. The number of rotatable bonds is 5. The van der Waals surface area contributed by atoms with Gasteiger partial charge in [-0.2, -0.15) is 13.2 Å². The zero-order valence-electron chi connectivity index (χ0n) is 13.1. The Labute approximate surface area is 137 Å². The second kappa shape index (κ2) is 8.08. The van der Waals surface area contributed by atoms with Crippen LogP contribution in [-0.2, 0) is 6.18 Å². The van der Waals surface area contributed by atoms with Crippen LogP contribution in [0.5, 0.6) is 0 Å². The SMILES string of the molecule is Fc1cc(C2CCC(/C=C/CCC(F)F)CC2)ccc1C(F)(F)F. The summed E-state index contributed by atoms with van der Waals surface area (Å²) in [7, 11) is 0. The molecule has 0 aliphatic heterocycles. The van der Waals surface area contributed by atoms with Crippen molar-refractivity contribution in [1.82, 2.24) is 0 Å². The molecule has 0 radical (unpaired) electrons. The van der Waals surface area contributed by atoms with E-state index in [-0.39, 0.29) is 12.3 Å². The molecule has 2 rings (SSSR count). The predicted molar refractivity (Wildman–Crippen MR) is 80.5 cm³/mol.